The SMILES string of the molecule is COC[C@H]1O[C@@H](n2cnc3c(NC(C)(C)C)ncnc32)[C@H](O)[C@@H]1O. The fourth-order valence-corrected chi connectivity index (χ4v) is 2.75. The summed E-state index contributed by atoms with van der Waals surface area (Å²) < 4.78 is 12.4. The zero-order valence-electron chi connectivity index (χ0n) is 14.2. The second kappa shape index (κ2) is 6.25. The van der Waals surface area contributed by atoms with E-state index in [9.17, 15) is 10.2 Å². The Morgan fingerprint density at radius 3 is 2.67 bits per heavy atom. The minimum absolute atomic E-state index is 0.186. The number of nitrogens with zero attached hydrogens (tertiary/aromatic N) is 4. The molecule has 4 atom stereocenters. The van der Waals surface area contributed by atoms with E-state index < -0.39 is 24.5 Å². The van der Waals surface area contributed by atoms with Crippen LogP contribution in [0, 0.1) is 0 Å². The van der Waals surface area contributed by atoms with Gasteiger partial charge in [0, 0.05) is 12.6 Å². The number of aliphatic hydroxyl groups excluding tert-OH is 2. The molecule has 3 rings (SSSR count). The molecule has 0 aromatic carbocycles. The van der Waals surface area contributed by atoms with Crippen LogP contribution in [0.15, 0.2) is 12.7 Å². The lowest BCUT2D eigenvalue weighted by molar-refractivity contribution is -0.0580. The monoisotopic (exact) mass is 337 g/mol. The van der Waals surface area contributed by atoms with Crippen LogP contribution < -0.4 is 5.32 Å². The highest BCUT2D eigenvalue weighted by atomic mass is 16.6. The van der Waals surface area contributed by atoms with Crippen molar-refractivity contribution in [1.82, 2.24) is 19.5 Å². The molecule has 2 aromatic rings. The first kappa shape index (κ1) is 17.0. The Morgan fingerprint density at radius 1 is 1.25 bits per heavy atom. The third kappa shape index (κ3) is 3.07. The highest BCUT2D eigenvalue weighted by Gasteiger charge is 2.44. The summed E-state index contributed by atoms with van der Waals surface area (Å²) in [6.07, 6.45) is -0.580. The molecule has 0 saturated carbocycles. The van der Waals surface area contributed by atoms with E-state index in [1.807, 2.05) is 20.8 Å². The van der Waals surface area contributed by atoms with Gasteiger partial charge in [0.1, 0.15) is 24.6 Å². The summed E-state index contributed by atoms with van der Waals surface area (Å²) >= 11 is 0. The van der Waals surface area contributed by atoms with Crippen molar-refractivity contribution in [2.45, 2.75) is 50.8 Å². The molecule has 1 aliphatic rings. The first-order chi connectivity index (χ1) is 11.3. The minimum atomic E-state index is -1.10. The van der Waals surface area contributed by atoms with Gasteiger partial charge >= 0.3 is 0 Å². The molecule has 0 radical (unpaired) electrons. The van der Waals surface area contributed by atoms with Crippen molar-refractivity contribution in [3.05, 3.63) is 12.7 Å². The van der Waals surface area contributed by atoms with Gasteiger partial charge in [-0.05, 0) is 20.8 Å². The van der Waals surface area contributed by atoms with Crippen LogP contribution in [0.2, 0.25) is 0 Å². The molecule has 0 amide bonds. The molecule has 1 aliphatic heterocycles. The Morgan fingerprint density at radius 2 is 2.00 bits per heavy atom. The van der Waals surface area contributed by atoms with Gasteiger partial charge in [0.25, 0.3) is 0 Å². The molecular formula is C15H23N5O4. The van der Waals surface area contributed by atoms with Gasteiger partial charge in [0.15, 0.2) is 23.2 Å². The molecule has 9 nitrogen and oxygen atoms in total. The smallest absolute Gasteiger partial charge is 0.167 e. The van der Waals surface area contributed by atoms with Crippen LogP contribution in [0.1, 0.15) is 27.0 Å². The van der Waals surface area contributed by atoms with E-state index >= 15 is 0 Å². The summed E-state index contributed by atoms with van der Waals surface area (Å²) in [5, 5.41) is 23.7. The number of nitrogens with one attached hydrogen (secondary N) is 1. The summed E-state index contributed by atoms with van der Waals surface area (Å²) in [6, 6.07) is 0. The normalized spacial score (nSPS) is 27.8. The average molecular weight is 337 g/mol. The number of hydrogen-bond acceptors (Lipinski definition) is 8. The molecular weight excluding hydrogens is 314 g/mol. The zero-order chi connectivity index (χ0) is 17.5. The minimum Gasteiger partial charge on any atom is -0.387 e. The van der Waals surface area contributed by atoms with E-state index in [4.69, 9.17) is 9.47 Å². The van der Waals surface area contributed by atoms with Crippen LogP contribution in [0.25, 0.3) is 11.2 Å². The topological polar surface area (TPSA) is 115 Å². The van der Waals surface area contributed by atoms with E-state index in [1.54, 1.807) is 4.57 Å². The van der Waals surface area contributed by atoms with Gasteiger partial charge in [-0.2, -0.15) is 0 Å². The van der Waals surface area contributed by atoms with Crippen molar-refractivity contribution in [1.29, 1.82) is 0 Å². The van der Waals surface area contributed by atoms with Crippen LogP contribution in [0.5, 0.6) is 0 Å². The van der Waals surface area contributed by atoms with Crippen LogP contribution in [0.3, 0.4) is 0 Å². The van der Waals surface area contributed by atoms with Gasteiger partial charge in [0.2, 0.25) is 0 Å². The van der Waals surface area contributed by atoms with Crippen LogP contribution in [0.4, 0.5) is 5.82 Å². The summed E-state index contributed by atoms with van der Waals surface area (Å²) in [4.78, 5) is 12.8. The molecule has 0 aliphatic carbocycles. The standard InChI is InChI=1S/C15H23N5O4/c1-15(2,3)19-12-9-13(17-6-16-12)20(7-18-9)14-11(22)10(21)8(24-14)5-23-4/h6-8,10-11,14,21-22H,5H2,1-4H3,(H,16,17,19)/t8-,10-,11-,14-/m1/s1. The number of aromatic nitrogens is 4. The lowest BCUT2D eigenvalue weighted by Crippen LogP contribution is -2.33. The molecule has 132 valence electrons. The second-order valence-electron chi connectivity index (χ2n) is 6.92. The van der Waals surface area contributed by atoms with Gasteiger partial charge in [-0.15, -0.1) is 0 Å². The molecule has 24 heavy (non-hydrogen) atoms. The predicted octanol–water partition coefficient (Wildman–Crippen LogP) is 0.302. The van der Waals surface area contributed by atoms with E-state index in [1.165, 1.54) is 19.8 Å². The maximum atomic E-state index is 10.3. The molecule has 1 fully saturated rings. The summed E-state index contributed by atoms with van der Waals surface area (Å²) in [5.74, 6) is 0.604. The highest BCUT2D eigenvalue weighted by molar-refractivity contribution is 5.83. The van der Waals surface area contributed by atoms with Crippen molar-refractivity contribution >= 4 is 17.0 Å². The number of imidazole rings is 1. The van der Waals surface area contributed by atoms with Gasteiger partial charge < -0.3 is 25.0 Å². The Labute approximate surface area is 139 Å². The zero-order valence-corrected chi connectivity index (χ0v) is 14.2. The Hall–Kier alpha value is -1.81. The lowest BCUT2D eigenvalue weighted by Gasteiger charge is -2.21. The Balaban J connectivity index is 1.95. The summed E-state index contributed by atoms with van der Waals surface area (Å²) in [6.45, 7) is 6.25. The lowest BCUT2D eigenvalue weighted by atomic mass is 10.1. The molecule has 2 aromatic heterocycles. The fourth-order valence-electron chi connectivity index (χ4n) is 2.75. The number of methoxy groups -OCH3 is 1. The third-order valence-corrected chi connectivity index (χ3v) is 3.79. The van der Waals surface area contributed by atoms with Gasteiger partial charge in [-0.25, -0.2) is 15.0 Å². The van der Waals surface area contributed by atoms with Crippen LogP contribution >= 0.6 is 0 Å². The predicted molar refractivity (Wildman–Crippen MR) is 86.5 cm³/mol. The first-order valence-corrected chi connectivity index (χ1v) is 7.78. The van der Waals surface area contributed by atoms with Crippen LogP contribution in [-0.4, -0.2) is 67.3 Å². The largest absolute Gasteiger partial charge is 0.387 e. The summed E-state index contributed by atoms with van der Waals surface area (Å²) in [5.41, 5.74) is 0.910. The summed E-state index contributed by atoms with van der Waals surface area (Å²) in [7, 11) is 1.51. The quantitative estimate of drug-likeness (QED) is 0.730. The fraction of sp³-hybridized carbons (Fsp3) is 0.667. The van der Waals surface area contributed by atoms with Gasteiger partial charge in [0.05, 0.1) is 12.9 Å². The van der Waals surface area contributed by atoms with E-state index in [-0.39, 0.29) is 12.1 Å². The van der Waals surface area contributed by atoms with Gasteiger partial charge in [-0.3, -0.25) is 4.57 Å². The Bertz CT molecular complexity index is 713. The number of anilines is 1. The van der Waals surface area contributed by atoms with Crippen LogP contribution in [-0.2, 0) is 9.47 Å². The Kier molecular flexibility index (Phi) is 4.43. The van der Waals surface area contributed by atoms with Crippen molar-refractivity contribution in [2.24, 2.45) is 0 Å². The maximum absolute atomic E-state index is 10.3. The average Bonchev–Trinajstić information content (AvgIpc) is 3.03. The molecule has 9 heteroatoms. The van der Waals surface area contributed by atoms with E-state index in [0.717, 1.165) is 0 Å². The number of hydrogen-bond donors (Lipinski definition) is 3. The van der Waals surface area contributed by atoms with E-state index in [0.29, 0.717) is 17.0 Å². The second-order valence-corrected chi connectivity index (χ2v) is 6.92. The molecule has 3 heterocycles. The first-order valence-electron chi connectivity index (χ1n) is 7.78. The molecule has 0 unspecified atom stereocenters. The highest BCUT2D eigenvalue weighted by Crippen LogP contribution is 2.32. The van der Waals surface area contributed by atoms with Crippen molar-refractivity contribution in [3.63, 3.8) is 0 Å². The number of fused-ring (bicyclic) bond motifs is 1. The van der Waals surface area contributed by atoms with Crippen molar-refractivity contribution in [2.75, 3.05) is 19.0 Å². The molecule has 1 saturated heterocycles. The molecule has 0 bridgehead atoms. The number of aliphatic hydroxyl groups is 2. The molecule has 3 N–H and O–H groups in total. The van der Waals surface area contributed by atoms with Gasteiger partial charge in [-0.1, -0.05) is 0 Å². The van der Waals surface area contributed by atoms with E-state index in [2.05, 4.69) is 20.3 Å². The number of ether oxygens (including phenoxy) is 2. The van der Waals surface area contributed by atoms with Crippen molar-refractivity contribution in [3.8, 4) is 0 Å². The third-order valence-electron chi connectivity index (χ3n) is 3.79. The maximum Gasteiger partial charge on any atom is 0.167 e. The number of rotatable bonds is 4. The van der Waals surface area contributed by atoms with Crippen molar-refractivity contribution < 1.29 is 19.7 Å². The molecule has 0 spiro atoms.